The summed E-state index contributed by atoms with van der Waals surface area (Å²) in [5, 5.41) is 14.9. The molecule has 0 aliphatic heterocycles. The average Bonchev–Trinajstić information content (AvgIpc) is 2.91. The third kappa shape index (κ3) is 3.95. The van der Waals surface area contributed by atoms with Gasteiger partial charge in [0.15, 0.2) is 0 Å². The molecule has 1 aromatic carbocycles. The van der Waals surface area contributed by atoms with E-state index < -0.39 is 11.5 Å². The van der Waals surface area contributed by atoms with Gasteiger partial charge in [-0.3, -0.25) is 4.68 Å². The molecule has 0 saturated heterocycles. The summed E-state index contributed by atoms with van der Waals surface area (Å²) in [5.41, 5.74) is -0.411. The van der Waals surface area contributed by atoms with Crippen molar-refractivity contribution in [3.05, 3.63) is 41.9 Å². The van der Waals surface area contributed by atoms with E-state index in [0.717, 1.165) is 5.75 Å². The molecule has 0 amide bonds. The van der Waals surface area contributed by atoms with E-state index in [4.69, 9.17) is 16.3 Å². The molecule has 20 heavy (non-hydrogen) atoms. The van der Waals surface area contributed by atoms with E-state index in [0.29, 0.717) is 18.2 Å². The van der Waals surface area contributed by atoms with Crippen LogP contribution in [0, 0.1) is 5.41 Å². The molecule has 1 aromatic heterocycles. The van der Waals surface area contributed by atoms with Crippen LogP contribution in [0.4, 0.5) is 0 Å². The third-order valence-electron chi connectivity index (χ3n) is 3.15. The smallest absolute Gasteiger partial charge is 0.137 e. The second-order valence-electron chi connectivity index (χ2n) is 5.36. The monoisotopic (exact) mass is 295 g/mol. The summed E-state index contributed by atoms with van der Waals surface area (Å²) in [6, 6.07) is 7.16. The zero-order valence-electron chi connectivity index (χ0n) is 11.5. The van der Waals surface area contributed by atoms with Crippen molar-refractivity contribution in [2.24, 2.45) is 5.41 Å². The molecule has 0 spiro atoms. The lowest BCUT2D eigenvalue weighted by atomic mass is 9.87. The van der Waals surface area contributed by atoms with Crippen LogP contribution in [0.25, 0.3) is 0 Å². The maximum absolute atomic E-state index is 10.3. The lowest BCUT2D eigenvalue weighted by molar-refractivity contribution is 0.00244. The Hall–Kier alpha value is -1.59. The third-order valence-corrected chi connectivity index (χ3v) is 3.41. The summed E-state index contributed by atoms with van der Waals surface area (Å²) < 4.78 is 7.31. The van der Waals surface area contributed by atoms with E-state index in [-0.39, 0.29) is 0 Å². The molecule has 0 fully saturated rings. The molecule has 1 N–H and O–H groups in total. The highest BCUT2D eigenvalue weighted by molar-refractivity contribution is 6.30. The average molecular weight is 296 g/mol. The lowest BCUT2D eigenvalue weighted by Gasteiger charge is -2.30. The van der Waals surface area contributed by atoms with Gasteiger partial charge in [0.05, 0.1) is 19.3 Å². The van der Waals surface area contributed by atoms with Gasteiger partial charge in [-0.2, -0.15) is 5.10 Å². The highest BCUT2D eigenvalue weighted by atomic mass is 35.5. The molecule has 0 radical (unpaired) electrons. The van der Waals surface area contributed by atoms with E-state index in [1.807, 2.05) is 26.0 Å². The first-order valence-corrected chi connectivity index (χ1v) is 6.74. The Kier molecular flexibility index (Phi) is 4.62. The van der Waals surface area contributed by atoms with Crippen LogP contribution in [0.5, 0.6) is 5.75 Å². The van der Waals surface area contributed by atoms with Gasteiger partial charge in [-0.05, 0) is 24.3 Å². The summed E-state index contributed by atoms with van der Waals surface area (Å²) in [4.78, 5) is 3.86. The highest BCUT2D eigenvalue weighted by Crippen LogP contribution is 2.24. The van der Waals surface area contributed by atoms with Crippen LogP contribution in [-0.2, 0) is 6.54 Å². The Bertz CT molecular complexity index is 526. The zero-order chi connectivity index (χ0) is 14.6. The van der Waals surface area contributed by atoms with Gasteiger partial charge in [0.1, 0.15) is 18.4 Å². The number of benzene rings is 1. The summed E-state index contributed by atoms with van der Waals surface area (Å²) in [7, 11) is 0. The topological polar surface area (TPSA) is 60.2 Å². The van der Waals surface area contributed by atoms with Crippen molar-refractivity contribution < 1.29 is 9.84 Å². The van der Waals surface area contributed by atoms with Crippen molar-refractivity contribution in [3.63, 3.8) is 0 Å². The van der Waals surface area contributed by atoms with Gasteiger partial charge in [0, 0.05) is 10.4 Å². The number of halogens is 1. The summed E-state index contributed by atoms with van der Waals surface area (Å²) >= 11 is 5.82. The van der Waals surface area contributed by atoms with E-state index >= 15 is 0 Å². The fraction of sp³-hybridized carbons (Fsp3) is 0.429. The molecule has 6 heteroatoms. The number of nitrogens with zero attached hydrogens (tertiary/aromatic N) is 3. The molecular weight excluding hydrogens is 278 g/mol. The quantitative estimate of drug-likeness (QED) is 0.889. The Labute approximate surface area is 123 Å². The normalized spacial score (nSPS) is 13.2. The van der Waals surface area contributed by atoms with Crippen molar-refractivity contribution >= 4 is 11.6 Å². The van der Waals surface area contributed by atoms with E-state index in [2.05, 4.69) is 10.1 Å². The molecule has 0 saturated carbocycles. The molecule has 0 aliphatic rings. The van der Waals surface area contributed by atoms with E-state index in [1.165, 1.54) is 6.33 Å². The summed E-state index contributed by atoms with van der Waals surface area (Å²) in [5.74, 6) is 0.732. The fourth-order valence-corrected chi connectivity index (χ4v) is 1.77. The zero-order valence-corrected chi connectivity index (χ0v) is 12.3. The molecule has 1 unspecified atom stereocenters. The number of ether oxygens (including phenoxy) is 1. The first kappa shape index (κ1) is 14.8. The molecule has 1 atom stereocenters. The first-order chi connectivity index (χ1) is 9.47. The number of hydrogen-bond acceptors (Lipinski definition) is 4. The summed E-state index contributed by atoms with van der Waals surface area (Å²) in [6.45, 7) is 4.68. The first-order valence-electron chi connectivity index (χ1n) is 6.36. The van der Waals surface area contributed by atoms with Crippen molar-refractivity contribution in [2.45, 2.75) is 26.5 Å². The predicted molar refractivity (Wildman–Crippen MR) is 76.8 cm³/mol. The van der Waals surface area contributed by atoms with Crippen molar-refractivity contribution in [3.8, 4) is 5.75 Å². The largest absolute Gasteiger partial charge is 0.493 e. The van der Waals surface area contributed by atoms with Crippen LogP contribution in [0.3, 0.4) is 0 Å². The standard InChI is InChI=1S/C14H18ClN3O2/c1-14(2,13(19)7-18-10-16-9-17-18)8-20-12-5-3-11(15)4-6-12/h3-6,9-10,13,19H,7-8H2,1-2H3. The molecular formula is C14H18ClN3O2. The Morgan fingerprint density at radius 3 is 2.65 bits per heavy atom. The number of aliphatic hydroxyl groups excluding tert-OH is 1. The Morgan fingerprint density at radius 1 is 1.35 bits per heavy atom. The Balaban J connectivity index is 1.90. The van der Waals surface area contributed by atoms with Crippen LogP contribution in [0.2, 0.25) is 5.02 Å². The number of hydrogen-bond donors (Lipinski definition) is 1. The molecule has 5 nitrogen and oxygen atoms in total. The predicted octanol–water partition coefficient (Wildman–Crippen LogP) is 2.40. The summed E-state index contributed by atoms with van der Waals surface area (Å²) in [6.07, 6.45) is 2.44. The van der Waals surface area contributed by atoms with E-state index in [1.54, 1.807) is 23.1 Å². The maximum Gasteiger partial charge on any atom is 0.137 e. The molecule has 0 aliphatic carbocycles. The fourth-order valence-electron chi connectivity index (χ4n) is 1.65. The number of aromatic nitrogens is 3. The van der Waals surface area contributed by atoms with Gasteiger partial charge in [-0.25, -0.2) is 4.98 Å². The van der Waals surface area contributed by atoms with Crippen LogP contribution < -0.4 is 4.74 Å². The van der Waals surface area contributed by atoms with Crippen LogP contribution in [-0.4, -0.2) is 32.6 Å². The van der Waals surface area contributed by atoms with E-state index in [9.17, 15) is 5.11 Å². The molecule has 2 rings (SSSR count). The van der Waals surface area contributed by atoms with Crippen molar-refractivity contribution in [2.75, 3.05) is 6.61 Å². The Morgan fingerprint density at radius 2 is 2.05 bits per heavy atom. The van der Waals surface area contributed by atoms with Gasteiger partial charge in [0.25, 0.3) is 0 Å². The van der Waals surface area contributed by atoms with Gasteiger partial charge >= 0.3 is 0 Å². The minimum Gasteiger partial charge on any atom is -0.493 e. The molecule has 108 valence electrons. The van der Waals surface area contributed by atoms with Crippen molar-refractivity contribution in [1.82, 2.24) is 14.8 Å². The molecule has 0 bridgehead atoms. The van der Waals surface area contributed by atoms with Crippen LogP contribution >= 0.6 is 11.6 Å². The minimum atomic E-state index is -0.587. The maximum atomic E-state index is 10.3. The minimum absolute atomic E-state index is 0.386. The van der Waals surface area contributed by atoms with Gasteiger partial charge in [-0.1, -0.05) is 25.4 Å². The van der Waals surface area contributed by atoms with Gasteiger partial charge < -0.3 is 9.84 Å². The number of aliphatic hydroxyl groups is 1. The number of rotatable bonds is 6. The second kappa shape index (κ2) is 6.24. The van der Waals surface area contributed by atoms with Crippen LogP contribution in [0.1, 0.15) is 13.8 Å². The molecule has 2 aromatic rings. The molecule has 1 heterocycles. The second-order valence-corrected chi connectivity index (χ2v) is 5.80. The van der Waals surface area contributed by atoms with Crippen molar-refractivity contribution in [1.29, 1.82) is 0 Å². The SMILES string of the molecule is CC(C)(COc1ccc(Cl)cc1)C(O)Cn1cncn1. The highest BCUT2D eigenvalue weighted by Gasteiger charge is 2.29. The lowest BCUT2D eigenvalue weighted by Crippen LogP contribution is -2.38. The van der Waals surface area contributed by atoms with Gasteiger partial charge in [-0.15, -0.1) is 0 Å². The van der Waals surface area contributed by atoms with Gasteiger partial charge in [0.2, 0.25) is 0 Å². The van der Waals surface area contributed by atoms with Crippen LogP contribution in [0.15, 0.2) is 36.9 Å².